The number of aromatic amines is 2. The van der Waals surface area contributed by atoms with Crippen LogP contribution in [0.3, 0.4) is 0 Å². The molecule has 1 aliphatic heterocycles. The van der Waals surface area contributed by atoms with Gasteiger partial charge in [-0.05, 0) is 6.07 Å². The van der Waals surface area contributed by atoms with Crippen LogP contribution in [0.5, 0.6) is 5.88 Å². The topological polar surface area (TPSA) is 125 Å². The number of rotatable bonds is 1. The SMILES string of the molecule is N#CC1=C(N)Oc2[nH]c(=O)[nH]c(=O)c2[C@H]1c1ccccc1F. The van der Waals surface area contributed by atoms with Gasteiger partial charge in [0.25, 0.3) is 5.56 Å². The van der Waals surface area contributed by atoms with Crippen molar-refractivity contribution in [1.29, 1.82) is 5.26 Å². The third kappa shape index (κ3) is 1.96. The lowest BCUT2D eigenvalue weighted by atomic mass is 9.85. The van der Waals surface area contributed by atoms with Crippen LogP contribution < -0.4 is 21.7 Å². The highest BCUT2D eigenvalue weighted by Crippen LogP contribution is 2.39. The monoisotopic (exact) mass is 300 g/mol. The van der Waals surface area contributed by atoms with E-state index < -0.39 is 23.0 Å². The number of nitrogens with zero attached hydrogens (tertiary/aromatic N) is 1. The fraction of sp³-hybridized carbons (Fsp3) is 0.0714. The maximum atomic E-state index is 14.1. The molecule has 0 fully saturated rings. The number of benzene rings is 1. The fourth-order valence-electron chi connectivity index (χ4n) is 2.41. The molecule has 2 heterocycles. The molecule has 110 valence electrons. The molecule has 0 aliphatic carbocycles. The summed E-state index contributed by atoms with van der Waals surface area (Å²) in [5.74, 6) is -2.15. The highest BCUT2D eigenvalue weighted by Gasteiger charge is 2.35. The fourth-order valence-corrected chi connectivity index (χ4v) is 2.41. The molecule has 22 heavy (non-hydrogen) atoms. The highest BCUT2D eigenvalue weighted by molar-refractivity contribution is 5.52. The summed E-state index contributed by atoms with van der Waals surface area (Å²) in [4.78, 5) is 27.8. The number of hydrogen-bond donors (Lipinski definition) is 3. The van der Waals surface area contributed by atoms with Gasteiger partial charge in [-0.1, -0.05) is 18.2 Å². The van der Waals surface area contributed by atoms with E-state index in [-0.39, 0.29) is 28.5 Å². The Morgan fingerprint density at radius 1 is 1.27 bits per heavy atom. The quantitative estimate of drug-likeness (QED) is 0.704. The molecule has 0 radical (unpaired) electrons. The predicted molar refractivity (Wildman–Crippen MR) is 73.4 cm³/mol. The van der Waals surface area contributed by atoms with Gasteiger partial charge in [-0.25, -0.2) is 9.18 Å². The highest BCUT2D eigenvalue weighted by atomic mass is 19.1. The Hall–Kier alpha value is -3.34. The van der Waals surface area contributed by atoms with Crippen molar-refractivity contribution in [3.05, 3.63) is 73.5 Å². The minimum absolute atomic E-state index is 0.0737. The van der Waals surface area contributed by atoms with E-state index in [0.29, 0.717) is 0 Å². The Morgan fingerprint density at radius 2 is 2.00 bits per heavy atom. The molecule has 8 heteroatoms. The molecule has 0 amide bonds. The molecule has 0 saturated carbocycles. The molecule has 1 atom stereocenters. The lowest BCUT2D eigenvalue weighted by Crippen LogP contribution is -2.33. The van der Waals surface area contributed by atoms with Crippen molar-refractivity contribution in [2.75, 3.05) is 0 Å². The Balaban J connectivity index is 2.38. The standard InChI is InChI=1S/C14H9FN4O3/c15-8-4-2-1-3-6(8)9-7(5-16)11(17)22-13-10(9)12(20)18-14(21)19-13/h1-4,9H,17H2,(H2,18,19,20,21)/t9-/m0/s1. The predicted octanol–water partition coefficient (Wildman–Crippen LogP) is 0.420. The molecule has 4 N–H and O–H groups in total. The molecular formula is C14H9FN4O3. The van der Waals surface area contributed by atoms with Crippen molar-refractivity contribution in [3.63, 3.8) is 0 Å². The summed E-state index contributed by atoms with van der Waals surface area (Å²) >= 11 is 0. The molecule has 0 spiro atoms. The van der Waals surface area contributed by atoms with E-state index in [1.807, 2.05) is 11.1 Å². The van der Waals surface area contributed by atoms with Gasteiger partial charge in [-0.15, -0.1) is 0 Å². The largest absolute Gasteiger partial charge is 0.424 e. The average molecular weight is 300 g/mol. The first kappa shape index (κ1) is 13.6. The van der Waals surface area contributed by atoms with Crippen LogP contribution in [-0.2, 0) is 0 Å². The van der Waals surface area contributed by atoms with Gasteiger partial charge >= 0.3 is 5.69 Å². The van der Waals surface area contributed by atoms with E-state index in [2.05, 4.69) is 4.98 Å². The first-order valence-corrected chi connectivity index (χ1v) is 6.21. The number of halogens is 1. The van der Waals surface area contributed by atoms with Crippen molar-refractivity contribution in [2.24, 2.45) is 5.73 Å². The third-order valence-electron chi connectivity index (χ3n) is 3.33. The minimum Gasteiger partial charge on any atom is -0.424 e. The van der Waals surface area contributed by atoms with Gasteiger partial charge in [-0.3, -0.25) is 14.8 Å². The van der Waals surface area contributed by atoms with Gasteiger partial charge in [0, 0.05) is 5.56 Å². The molecule has 2 aromatic rings. The summed E-state index contributed by atoms with van der Waals surface area (Å²) < 4.78 is 19.2. The Kier molecular flexibility index (Phi) is 3.03. The Labute approximate surface area is 122 Å². The number of H-pyrrole nitrogens is 2. The van der Waals surface area contributed by atoms with Gasteiger partial charge in [0.2, 0.25) is 11.8 Å². The van der Waals surface area contributed by atoms with Gasteiger partial charge in [0.05, 0.1) is 11.5 Å². The van der Waals surface area contributed by atoms with Crippen LogP contribution in [0, 0.1) is 17.1 Å². The van der Waals surface area contributed by atoms with E-state index in [1.165, 1.54) is 18.2 Å². The Morgan fingerprint density at radius 3 is 2.68 bits per heavy atom. The summed E-state index contributed by atoms with van der Waals surface area (Å²) in [5, 5.41) is 9.28. The van der Waals surface area contributed by atoms with E-state index in [0.717, 1.165) is 0 Å². The Bertz CT molecular complexity index is 952. The second kappa shape index (κ2) is 4.89. The summed E-state index contributed by atoms with van der Waals surface area (Å²) in [5.41, 5.74) is 4.01. The summed E-state index contributed by atoms with van der Waals surface area (Å²) in [6.45, 7) is 0. The van der Waals surface area contributed by atoms with Crippen LogP contribution in [0.1, 0.15) is 17.0 Å². The molecule has 1 aromatic heterocycles. The molecule has 0 unspecified atom stereocenters. The van der Waals surface area contributed by atoms with Crippen molar-refractivity contribution >= 4 is 0 Å². The first-order chi connectivity index (χ1) is 10.5. The smallest absolute Gasteiger partial charge is 0.328 e. The van der Waals surface area contributed by atoms with E-state index in [9.17, 15) is 19.2 Å². The second-order valence-corrected chi connectivity index (χ2v) is 4.60. The molecule has 1 aromatic carbocycles. The molecule has 0 saturated heterocycles. The maximum absolute atomic E-state index is 14.1. The molecule has 3 rings (SSSR count). The first-order valence-electron chi connectivity index (χ1n) is 6.21. The van der Waals surface area contributed by atoms with Crippen LogP contribution >= 0.6 is 0 Å². The second-order valence-electron chi connectivity index (χ2n) is 4.60. The zero-order valence-corrected chi connectivity index (χ0v) is 11.0. The number of hydrogen-bond acceptors (Lipinski definition) is 5. The maximum Gasteiger partial charge on any atom is 0.328 e. The van der Waals surface area contributed by atoms with Crippen molar-refractivity contribution in [1.82, 2.24) is 9.97 Å². The summed E-state index contributed by atoms with van der Waals surface area (Å²) in [6.07, 6.45) is 0. The number of fused-ring (bicyclic) bond motifs is 1. The van der Waals surface area contributed by atoms with Crippen LogP contribution in [-0.4, -0.2) is 9.97 Å². The van der Waals surface area contributed by atoms with E-state index >= 15 is 0 Å². The summed E-state index contributed by atoms with van der Waals surface area (Å²) in [7, 11) is 0. The third-order valence-corrected chi connectivity index (χ3v) is 3.33. The number of nitrogens with two attached hydrogens (primary N) is 1. The van der Waals surface area contributed by atoms with Gasteiger partial charge in [0.1, 0.15) is 17.5 Å². The lowest BCUT2D eigenvalue weighted by Gasteiger charge is -2.24. The zero-order chi connectivity index (χ0) is 15.9. The molecular weight excluding hydrogens is 291 g/mol. The number of nitriles is 1. The molecule has 0 bridgehead atoms. The van der Waals surface area contributed by atoms with Crippen LogP contribution in [0.25, 0.3) is 0 Å². The number of ether oxygens (including phenoxy) is 1. The molecule has 7 nitrogen and oxygen atoms in total. The van der Waals surface area contributed by atoms with Crippen molar-refractivity contribution in [3.8, 4) is 11.9 Å². The van der Waals surface area contributed by atoms with Crippen LogP contribution in [0.15, 0.2) is 45.3 Å². The van der Waals surface area contributed by atoms with E-state index in [1.54, 1.807) is 6.07 Å². The van der Waals surface area contributed by atoms with Crippen LogP contribution in [0.2, 0.25) is 0 Å². The average Bonchev–Trinajstić information content (AvgIpc) is 2.46. The number of aromatic nitrogens is 2. The van der Waals surface area contributed by atoms with Gasteiger partial charge in [0.15, 0.2) is 0 Å². The van der Waals surface area contributed by atoms with E-state index in [4.69, 9.17) is 10.5 Å². The normalized spacial score (nSPS) is 16.6. The van der Waals surface area contributed by atoms with Crippen molar-refractivity contribution < 1.29 is 9.13 Å². The number of nitrogens with one attached hydrogen (secondary N) is 2. The van der Waals surface area contributed by atoms with Gasteiger partial charge < -0.3 is 10.5 Å². The van der Waals surface area contributed by atoms with Crippen molar-refractivity contribution in [2.45, 2.75) is 5.92 Å². The van der Waals surface area contributed by atoms with Crippen LogP contribution in [0.4, 0.5) is 4.39 Å². The van der Waals surface area contributed by atoms with Gasteiger partial charge in [-0.2, -0.15) is 5.26 Å². The zero-order valence-electron chi connectivity index (χ0n) is 11.0. The summed E-state index contributed by atoms with van der Waals surface area (Å²) in [6, 6.07) is 7.52. The number of allylic oxidation sites excluding steroid dienone is 1. The molecule has 1 aliphatic rings. The minimum atomic E-state index is -1.06. The lowest BCUT2D eigenvalue weighted by molar-refractivity contribution is 0.372.